The molecule has 0 saturated heterocycles. The average Bonchev–Trinajstić information content (AvgIpc) is 3.00. The number of aromatic nitrogens is 6. The third-order valence-electron chi connectivity index (χ3n) is 6.92. The molecule has 0 bridgehead atoms. The second kappa shape index (κ2) is 21.8. The highest BCUT2D eigenvalue weighted by Gasteiger charge is 2.11. The van der Waals surface area contributed by atoms with Gasteiger partial charge in [-0.3, -0.25) is 0 Å². The highest BCUT2D eigenvalue weighted by Crippen LogP contribution is 2.25. The Balaban J connectivity index is 1.61. The molecule has 46 heavy (non-hydrogen) atoms. The molecule has 0 unspecified atom stereocenters. The SMILES string of the molecule is CCCCCCCCSc1nc(Nc2ccc(Nc3nc(NC(C)C)nc(SCCCCCCCC)n3)cc2)nc(NC(C)C)n1. The quantitative estimate of drug-likeness (QED) is 0.0536. The molecule has 10 nitrogen and oxygen atoms in total. The van der Waals surface area contributed by atoms with Crippen LogP contribution in [0, 0.1) is 0 Å². The summed E-state index contributed by atoms with van der Waals surface area (Å²) in [6.07, 6.45) is 15.3. The number of benzene rings is 1. The van der Waals surface area contributed by atoms with E-state index in [1.54, 1.807) is 23.5 Å². The standard InChI is InChI=1S/C34H56N10S2/c1-7-9-11-13-15-17-23-45-33-41-29(35-25(3)4)39-31(43-33)37-27-19-21-28(22-20-27)38-32-40-30(36-26(5)6)42-34(44-32)46-24-18-16-14-12-10-8-2/h19-22,25-26H,7-18,23-24H2,1-6H3,(H2,35,37,39,41,43)(H2,36,38,40,42,44). The van der Waals surface area contributed by atoms with E-state index >= 15 is 0 Å². The van der Waals surface area contributed by atoms with Crippen LogP contribution in [0.5, 0.6) is 0 Å². The van der Waals surface area contributed by atoms with E-state index < -0.39 is 0 Å². The molecule has 0 aliphatic rings. The second-order valence-electron chi connectivity index (χ2n) is 12.2. The molecule has 0 spiro atoms. The van der Waals surface area contributed by atoms with E-state index in [0.717, 1.165) is 33.2 Å². The molecule has 2 aromatic heterocycles. The molecular formula is C34H56N10S2. The first-order valence-corrected chi connectivity index (χ1v) is 19.3. The Hall–Kier alpha value is -2.86. The summed E-state index contributed by atoms with van der Waals surface area (Å²) in [5.74, 6) is 4.23. The number of nitrogens with zero attached hydrogens (tertiary/aromatic N) is 6. The van der Waals surface area contributed by atoms with Crippen molar-refractivity contribution >= 4 is 58.7 Å². The van der Waals surface area contributed by atoms with Crippen molar-refractivity contribution in [2.45, 2.75) is 141 Å². The topological polar surface area (TPSA) is 125 Å². The molecule has 0 amide bonds. The van der Waals surface area contributed by atoms with Crippen molar-refractivity contribution in [1.82, 2.24) is 29.9 Å². The molecule has 1 aromatic carbocycles. The lowest BCUT2D eigenvalue weighted by atomic mass is 10.1. The minimum Gasteiger partial charge on any atom is -0.352 e. The van der Waals surface area contributed by atoms with Crippen LogP contribution in [-0.4, -0.2) is 53.5 Å². The number of hydrogen-bond acceptors (Lipinski definition) is 12. The molecule has 3 rings (SSSR count). The van der Waals surface area contributed by atoms with Gasteiger partial charge in [-0.05, 0) is 64.8 Å². The van der Waals surface area contributed by atoms with Crippen molar-refractivity contribution in [3.8, 4) is 0 Å². The fraction of sp³-hybridized carbons (Fsp3) is 0.647. The molecule has 0 aliphatic heterocycles. The molecule has 0 atom stereocenters. The minimum absolute atomic E-state index is 0.221. The summed E-state index contributed by atoms with van der Waals surface area (Å²) in [6, 6.07) is 8.42. The number of anilines is 6. The monoisotopic (exact) mass is 668 g/mol. The summed E-state index contributed by atoms with van der Waals surface area (Å²) in [4.78, 5) is 27.9. The zero-order valence-corrected chi connectivity index (χ0v) is 30.5. The largest absolute Gasteiger partial charge is 0.352 e. The number of nitrogens with one attached hydrogen (secondary N) is 4. The molecule has 0 radical (unpaired) electrons. The molecule has 3 aromatic rings. The predicted octanol–water partition coefficient (Wildman–Crippen LogP) is 10.1. The third-order valence-corrected chi connectivity index (χ3v) is 8.79. The molecule has 254 valence electrons. The lowest BCUT2D eigenvalue weighted by Crippen LogP contribution is -2.14. The van der Waals surface area contributed by atoms with Gasteiger partial charge in [0, 0.05) is 35.0 Å². The summed E-state index contributed by atoms with van der Waals surface area (Å²) >= 11 is 3.38. The Morgan fingerprint density at radius 3 is 1.20 bits per heavy atom. The van der Waals surface area contributed by atoms with E-state index in [4.69, 9.17) is 9.97 Å². The smallest absolute Gasteiger partial charge is 0.233 e. The van der Waals surface area contributed by atoms with E-state index in [0.29, 0.717) is 23.8 Å². The summed E-state index contributed by atoms with van der Waals surface area (Å²) in [6.45, 7) is 12.8. The zero-order valence-electron chi connectivity index (χ0n) is 28.9. The Kier molecular flexibility index (Phi) is 17.9. The molecule has 2 heterocycles. The van der Waals surface area contributed by atoms with E-state index in [9.17, 15) is 0 Å². The van der Waals surface area contributed by atoms with Gasteiger partial charge in [0.25, 0.3) is 0 Å². The van der Waals surface area contributed by atoms with Crippen LogP contribution in [0.2, 0.25) is 0 Å². The van der Waals surface area contributed by atoms with Gasteiger partial charge >= 0.3 is 0 Å². The van der Waals surface area contributed by atoms with Crippen LogP contribution < -0.4 is 21.3 Å². The van der Waals surface area contributed by atoms with Crippen molar-refractivity contribution in [3.63, 3.8) is 0 Å². The highest BCUT2D eigenvalue weighted by atomic mass is 32.2. The first kappa shape index (κ1) is 37.6. The summed E-state index contributed by atoms with van der Waals surface area (Å²) in [5, 5.41) is 14.8. The fourth-order valence-electron chi connectivity index (χ4n) is 4.59. The fourth-order valence-corrected chi connectivity index (χ4v) is 6.25. The Labute approximate surface area is 285 Å². The maximum Gasteiger partial charge on any atom is 0.233 e. The molecular weight excluding hydrogens is 613 g/mol. The van der Waals surface area contributed by atoms with Gasteiger partial charge in [-0.1, -0.05) is 102 Å². The lowest BCUT2D eigenvalue weighted by molar-refractivity contribution is 0.626. The Bertz CT molecular complexity index is 1160. The van der Waals surface area contributed by atoms with Gasteiger partial charge in [-0.2, -0.15) is 29.9 Å². The van der Waals surface area contributed by atoms with Gasteiger partial charge in [0.2, 0.25) is 23.8 Å². The summed E-state index contributed by atoms with van der Waals surface area (Å²) in [5.41, 5.74) is 1.76. The van der Waals surface area contributed by atoms with Gasteiger partial charge in [-0.15, -0.1) is 0 Å². The predicted molar refractivity (Wildman–Crippen MR) is 198 cm³/mol. The van der Waals surface area contributed by atoms with E-state index in [2.05, 4.69) is 82.7 Å². The second-order valence-corrected chi connectivity index (χ2v) is 14.3. The first-order valence-electron chi connectivity index (χ1n) is 17.3. The van der Waals surface area contributed by atoms with Gasteiger partial charge < -0.3 is 21.3 Å². The van der Waals surface area contributed by atoms with E-state index in [1.807, 2.05) is 24.3 Å². The normalized spacial score (nSPS) is 11.3. The van der Waals surface area contributed by atoms with Crippen LogP contribution in [0.4, 0.5) is 35.2 Å². The first-order chi connectivity index (χ1) is 22.3. The van der Waals surface area contributed by atoms with Gasteiger partial charge in [0.1, 0.15) is 0 Å². The molecule has 12 heteroatoms. The van der Waals surface area contributed by atoms with Crippen molar-refractivity contribution < 1.29 is 0 Å². The van der Waals surface area contributed by atoms with Gasteiger partial charge in [0.15, 0.2) is 10.3 Å². The third kappa shape index (κ3) is 15.6. The van der Waals surface area contributed by atoms with Crippen LogP contribution in [0.25, 0.3) is 0 Å². The number of rotatable bonds is 24. The van der Waals surface area contributed by atoms with Gasteiger partial charge in [-0.25, -0.2) is 0 Å². The molecule has 0 saturated carbocycles. The van der Waals surface area contributed by atoms with Gasteiger partial charge in [0.05, 0.1) is 0 Å². The minimum atomic E-state index is 0.221. The Morgan fingerprint density at radius 1 is 0.478 bits per heavy atom. The van der Waals surface area contributed by atoms with Crippen LogP contribution in [0.1, 0.15) is 119 Å². The average molecular weight is 669 g/mol. The van der Waals surface area contributed by atoms with Crippen LogP contribution in [-0.2, 0) is 0 Å². The van der Waals surface area contributed by atoms with Crippen molar-refractivity contribution in [3.05, 3.63) is 24.3 Å². The molecule has 0 aliphatic carbocycles. The number of hydrogen-bond donors (Lipinski definition) is 4. The highest BCUT2D eigenvalue weighted by molar-refractivity contribution is 7.99. The Morgan fingerprint density at radius 2 is 0.826 bits per heavy atom. The van der Waals surface area contributed by atoms with Crippen molar-refractivity contribution in [2.24, 2.45) is 0 Å². The molecule has 0 fully saturated rings. The number of thioether (sulfide) groups is 2. The van der Waals surface area contributed by atoms with E-state index in [-0.39, 0.29) is 12.1 Å². The maximum absolute atomic E-state index is 4.70. The maximum atomic E-state index is 4.70. The van der Waals surface area contributed by atoms with Crippen LogP contribution in [0.3, 0.4) is 0 Å². The zero-order chi connectivity index (χ0) is 33.0. The van der Waals surface area contributed by atoms with Crippen LogP contribution in [0.15, 0.2) is 34.6 Å². The van der Waals surface area contributed by atoms with Crippen molar-refractivity contribution in [2.75, 3.05) is 32.8 Å². The van der Waals surface area contributed by atoms with E-state index in [1.165, 1.54) is 77.0 Å². The summed E-state index contributed by atoms with van der Waals surface area (Å²) in [7, 11) is 0. The summed E-state index contributed by atoms with van der Waals surface area (Å²) < 4.78 is 0. The van der Waals surface area contributed by atoms with Crippen molar-refractivity contribution in [1.29, 1.82) is 0 Å². The van der Waals surface area contributed by atoms with Crippen LogP contribution >= 0.6 is 23.5 Å². The number of unbranched alkanes of at least 4 members (excludes halogenated alkanes) is 10. The molecule has 4 N–H and O–H groups in total. The lowest BCUT2D eigenvalue weighted by Gasteiger charge is -2.13.